The molecule has 0 aliphatic rings. The molecule has 0 amide bonds. The average Bonchev–Trinajstić information content (AvgIpc) is 2.93. The van der Waals surface area contributed by atoms with Gasteiger partial charge in [0.25, 0.3) is 0 Å². The van der Waals surface area contributed by atoms with Crippen molar-refractivity contribution in [2.75, 3.05) is 12.4 Å². The highest BCUT2D eigenvalue weighted by atomic mass is 14.8. The summed E-state index contributed by atoms with van der Waals surface area (Å²) in [5.74, 6) is 0.569. The van der Waals surface area contributed by atoms with E-state index < -0.39 is 0 Å². The largest absolute Gasteiger partial charge is 0.388 e. The van der Waals surface area contributed by atoms with Crippen molar-refractivity contribution in [3.8, 4) is 11.1 Å². The van der Waals surface area contributed by atoms with Gasteiger partial charge in [0.2, 0.25) is 0 Å². The van der Waals surface area contributed by atoms with E-state index in [2.05, 4.69) is 66.6 Å². The number of rotatable bonds is 3. The fourth-order valence-corrected chi connectivity index (χ4v) is 2.59. The molecule has 0 spiro atoms. The molecule has 2 aromatic carbocycles. The summed E-state index contributed by atoms with van der Waals surface area (Å²) in [5.41, 5.74) is 6.19. The number of aromatic nitrogens is 1. The van der Waals surface area contributed by atoms with E-state index in [4.69, 9.17) is 0 Å². The van der Waals surface area contributed by atoms with Crippen LogP contribution >= 0.6 is 0 Å². The Balaban J connectivity index is 2.11. The van der Waals surface area contributed by atoms with Crippen LogP contribution in [0.4, 0.5) is 5.69 Å². The maximum atomic E-state index is 3.29. The lowest BCUT2D eigenvalue weighted by molar-refractivity contribution is 0.867. The SMILES string of the molecule is CNc1cc2[nH]ccc2cc1-c1ccc(C(C)C)cc1. The van der Waals surface area contributed by atoms with Crippen molar-refractivity contribution in [2.45, 2.75) is 19.8 Å². The monoisotopic (exact) mass is 264 g/mol. The Hall–Kier alpha value is -2.22. The molecule has 0 atom stereocenters. The molecule has 2 nitrogen and oxygen atoms in total. The molecule has 1 heterocycles. The van der Waals surface area contributed by atoms with Crippen molar-refractivity contribution in [1.29, 1.82) is 0 Å². The van der Waals surface area contributed by atoms with Crippen molar-refractivity contribution < 1.29 is 0 Å². The molecule has 0 saturated carbocycles. The summed E-state index contributed by atoms with van der Waals surface area (Å²) >= 11 is 0. The Morgan fingerprint density at radius 3 is 2.40 bits per heavy atom. The predicted molar refractivity (Wildman–Crippen MR) is 87.4 cm³/mol. The Morgan fingerprint density at radius 1 is 1.00 bits per heavy atom. The first-order valence-electron chi connectivity index (χ1n) is 7.08. The molecular formula is C18H20N2. The molecule has 0 aliphatic carbocycles. The number of benzene rings is 2. The van der Waals surface area contributed by atoms with Crippen LogP contribution in [0.5, 0.6) is 0 Å². The van der Waals surface area contributed by atoms with Gasteiger partial charge in [-0.1, -0.05) is 38.1 Å². The second-order valence-electron chi connectivity index (χ2n) is 5.49. The number of H-pyrrole nitrogens is 1. The fourth-order valence-electron chi connectivity index (χ4n) is 2.59. The van der Waals surface area contributed by atoms with Gasteiger partial charge in [-0.05, 0) is 35.2 Å². The van der Waals surface area contributed by atoms with Crippen molar-refractivity contribution in [3.63, 3.8) is 0 Å². The zero-order valence-electron chi connectivity index (χ0n) is 12.2. The zero-order chi connectivity index (χ0) is 14.1. The number of anilines is 1. The normalized spacial score (nSPS) is 11.2. The number of nitrogens with one attached hydrogen (secondary N) is 2. The Bertz CT molecular complexity index is 721. The average molecular weight is 264 g/mol. The molecule has 1 aromatic heterocycles. The summed E-state index contributed by atoms with van der Waals surface area (Å²) in [6.07, 6.45) is 1.98. The van der Waals surface area contributed by atoms with Gasteiger partial charge in [0.05, 0.1) is 0 Å². The summed E-state index contributed by atoms with van der Waals surface area (Å²) in [6, 6.07) is 15.4. The van der Waals surface area contributed by atoms with Gasteiger partial charge in [-0.25, -0.2) is 0 Å². The van der Waals surface area contributed by atoms with Crippen LogP contribution in [0.3, 0.4) is 0 Å². The topological polar surface area (TPSA) is 27.8 Å². The second kappa shape index (κ2) is 5.04. The van der Waals surface area contributed by atoms with E-state index in [-0.39, 0.29) is 0 Å². The Labute approximate surface area is 119 Å². The van der Waals surface area contributed by atoms with Crippen LogP contribution in [0, 0.1) is 0 Å². The van der Waals surface area contributed by atoms with Crippen LogP contribution < -0.4 is 5.32 Å². The van der Waals surface area contributed by atoms with Gasteiger partial charge in [-0.15, -0.1) is 0 Å². The van der Waals surface area contributed by atoms with E-state index in [1.165, 1.54) is 22.1 Å². The van der Waals surface area contributed by atoms with E-state index >= 15 is 0 Å². The lowest BCUT2D eigenvalue weighted by atomic mass is 9.97. The van der Waals surface area contributed by atoms with E-state index in [0.717, 1.165) is 11.2 Å². The van der Waals surface area contributed by atoms with Crippen LogP contribution in [-0.2, 0) is 0 Å². The highest BCUT2D eigenvalue weighted by Gasteiger charge is 2.08. The molecule has 20 heavy (non-hydrogen) atoms. The van der Waals surface area contributed by atoms with E-state index in [0.29, 0.717) is 5.92 Å². The van der Waals surface area contributed by atoms with Crippen molar-refractivity contribution in [1.82, 2.24) is 4.98 Å². The quantitative estimate of drug-likeness (QED) is 0.684. The van der Waals surface area contributed by atoms with Crippen LogP contribution in [0.25, 0.3) is 22.0 Å². The highest BCUT2D eigenvalue weighted by molar-refractivity contribution is 5.92. The van der Waals surface area contributed by atoms with E-state index in [9.17, 15) is 0 Å². The number of hydrogen-bond acceptors (Lipinski definition) is 1. The highest BCUT2D eigenvalue weighted by Crippen LogP contribution is 2.32. The first-order valence-corrected chi connectivity index (χ1v) is 7.08. The molecule has 0 saturated heterocycles. The molecule has 0 radical (unpaired) electrons. The van der Waals surface area contributed by atoms with E-state index in [1.54, 1.807) is 0 Å². The van der Waals surface area contributed by atoms with Gasteiger partial charge in [0, 0.05) is 35.4 Å². The maximum Gasteiger partial charge on any atom is 0.0475 e. The minimum atomic E-state index is 0.569. The van der Waals surface area contributed by atoms with Crippen LogP contribution in [0.1, 0.15) is 25.3 Å². The lowest BCUT2D eigenvalue weighted by Crippen LogP contribution is -1.93. The third kappa shape index (κ3) is 2.18. The zero-order valence-corrected chi connectivity index (χ0v) is 12.2. The third-order valence-corrected chi connectivity index (χ3v) is 3.85. The van der Waals surface area contributed by atoms with Crippen LogP contribution in [0.15, 0.2) is 48.7 Å². The lowest BCUT2D eigenvalue weighted by Gasteiger charge is -2.12. The molecule has 2 heteroatoms. The molecule has 102 valence electrons. The number of aromatic amines is 1. The summed E-state index contributed by atoms with van der Waals surface area (Å²) in [7, 11) is 1.97. The van der Waals surface area contributed by atoms with E-state index in [1.807, 2.05) is 13.2 Å². The summed E-state index contributed by atoms with van der Waals surface area (Å²) in [6.45, 7) is 4.44. The van der Waals surface area contributed by atoms with Gasteiger partial charge in [-0.2, -0.15) is 0 Å². The van der Waals surface area contributed by atoms with Crippen molar-refractivity contribution in [3.05, 3.63) is 54.2 Å². The number of fused-ring (bicyclic) bond motifs is 1. The molecular weight excluding hydrogens is 244 g/mol. The maximum absolute atomic E-state index is 3.29. The minimum absolute atomic E-state index is 0.569. The van der Waals surface area contributed by atoms with Gasteiger partial charge < -0.3 is 10.3 Å². The molecule has 0 aliphatic heterocycles. The summed E-state index contributed by atoms with van der Waals surface area (Å²) in [5, 5.41) is 4.54. The fraction of sp³-hybridized carbons (Fsp3) is 0.222. The first kappa shape index (κ1) is 12.8. The van der Waals surface area contributed by atoms with Gasteiger partial charge in [0.15, 0.2) is 0 Å². The van der Waals surface area contributed by atoms with Crippen LogP contribution in [0.2, 0.25) is 0 Å². The summed E-state index contributed by atoms with van der Waals surface area (Å²) in [4.78, 5) is 3.26. The molecule has 3 aromatic rings. The second-order valence-corrected chi connectivity index (χ2v) is 5.49. The van der Waals surface area contributed by atoms with Gasteiger partial charge in [-0.3, -0.25) is 0 Å². The standard InChI is InChI=1S/C18H20N2/c1-12(2)13-4-6-14(7-5-13)16-10-15-8-9-20-17(15)11-18(16)19-3/h4-12,19-20H,1-3H3. The summed E-state index contributed by atoms with van der Waals surface area (Å²) < 4.78 is 0. The molecule has 0 bridgehead atoms. The third-order valence-electron chi connectivity index (χ3n) is 3.85. The Morgan fingerprint density at radius 2 is 1.75 bits per heavy atom. The first-order chi connectivity index (χ1) is 9.69. The van der Waals surface area contributed by atoms with Crippen molar-refractivity contribution in [2.24, 2.45) is 0 Å². The van der Waals surface area contributed by atoms with Crippen LogP contribution in [-0.4, -0.2) is 12.0 Å². The number of hydrogen-bond donors (Lipinski definition) is 2. The van der Waals surface area contributed by atoms with Gasteiger partial charge in [0.1, 0.15) is 0 Å². The molecule has 0 unspecified atom stereocenters. The smallest absolute Gasteiger partial charge is 0.0475 e. The van der Waals surface area contributed by atoms with Gasteiger partial charge >= 0.3 is 0 Å². The molecule has 2 N–H and O–H groups in total. The minimum Gasteiger partial charge on any atom is -0.388 e. The Kier molecular flexibility index (Phi) is 3.23. The predicted octanol–water partition coefficient (Wildman–Crippen LogP) is 5.00. The van der Waals surface area contributed by atoms with Crippen molar-refractivity contribution >= 4 is 16.6 Å². The molecule has 3 rings (SSSR count). The molecule has 0 fully saturated rings.